The predicted molar refractivity (Wildman–Crippen MR) is 75.2 cm³/mol. The van der Waals surface area contributed by atoms with E-state index in [9.17, 15) is 14.4 Å². The number of urea groups is 1. The molecular weight excluding hydrogens is 300 g/mol. The first kappa shape index (κ1) is 16.8. The van der Waals surface area contributed by atoms with Gasteiger partial charge in [-0.05, 0) is 24.6 Å². The number of carboxylic acid groups (broad SMARTS) is 2. The zero-order valence-electron chi connectivity index (χ0n) is 11.2. The Morgan fingerprint density at radius 2 is 1.90 bits per heavy atom. The van der Waals surface area contributed by atoms with Gasteiger partial charge in [0.2, 0.25) is 0 Å². The Kier molecular flexibility index (Phi) is 5.98. The van der Waals surface area contributed by atoms with E-state index in [4.69, 9.17) is 21.8 Å². The van der Waals surface area contributed by atoms with Gasteiger partial charge in [-0.15, -0.1) is 0 Å². The Bertz CT molecular complexity index is 549. The molecule has 1 rings (SSSR count). The summed E-state index contributed by atoms with van der Waals surface area (Å²) in [5.74, 6) is -2.73. The van der Waals surface area contributed by atoms with Crippen molar-refractivity contribution in [3.05, 3.63) is 34.9 Å². The highest BCUT2D eigenvalue weighted by molar-refractivity contribution is 6.30. The molecule has 2 unspecified atom stereocenters. The normalized spacial score (nSPS) is 13.0. The van der Waals surface area contributed by atoms with Crippen LogP contribution in [0, 0.1) is 0 Å². The van der Waals surface area contributed by atoms with Gasteiger partial charge < -0.3 is 20.8 Å². The number of hydrogen-bond donors (Lipinski definition) is 4. The number of amides is 2. The first-order valence-corrected chi connectivity index (χ1v) is 6.44. The minimum absolute atomic E-state index is 0.414. The molecule has 0 aliphatic carbocycles. The lowest BCUT2D eigenvalue weighted by atomic mass is 10.1. The van der Waals surface area contributed by atoms with Crippen molar-refractivity contribution < 1.29 is 24.6 Å². The summed E-state index contributed by atoms with van der Waals surface area (Å²) in [4.78, 5) is 33.1. The van der Waals surface area contributed by atoms with Gasteiger partial charge >= 0.3 is 18.0 Å². The smallest absolute Gasteiger partial charge is 0.326 e. The lowest BCUT2D eigenvalue weighted by Crippen LogP contribution is -2.47. The molecule has 0 saturated carbocycles. The molecule has 0 spiro atoms. The zero-order chi connectivity index (χ0) is 16.0. The molecule has 1 aromatic carbocycles. The lowest BCUT2D eigenvalue weighted by molar-refractivity contribution is -0.145. The number of carbonyl (C=O) groups excluding carboxylic acids is 1. The van der Waals surface area contributed by atoms with Crippen LogP contribution in [0.4, 0.5) is 4.79 Å². The van der Waals surface area contributed by atoms with Crippen molar-refractivity contribution >= 4 is 29.6 Å². The molecule has 0 bridgehead atoms. The van der Waals surface area contributed by atoms with Gasteiger partial charge in [-0.2, -0.15) is 0 Å². The van der Waals surface area contributed by atoms with Gasteiger partial charge in [0.15, 0.2) is 0 Å². The Hall–Kier alpha value is -2.28. The van der Waals surface area contributed by atoms with Crippen LogP contribution < -0.4 is 10.6 Å². The third kappa shape index (κ3) is 5.70. The van der Waals surface area contributed by atoms with Crippen molar-refractivity contribution in [1.82, 2.24) is 10.6 Å². The molecule has 2 amide bonds. The molecule has 1 aromatic rings. The van der Waals surface area contributed by atoms with E-state index >= 15 is 0 Å². The fourth-order valence-corrected chi connectivity index (χ4v) is 1.83. The molecule has 8 heteroatoms. The van der Waals surface area contributed by atoms with Crippen LogP contribution in [0.3, 0.4) is 0 Å². The maximum absolute atomic E-state index is 11.7. The van der Waals surface area contributed by atoms with Gasteiger partial charge in [0.1, 0.15) is 6.04 Å². The second kappa shape index (κ2) is 7.49. The first-order chi connectivity index (χ1) is 9.79. The number of hydrogen-bond acceptors (Lipinski definition) is 3. The van der Waals surface area contributed by atoms with Crippen molar-refractivity contribution in [1.29, 1.82) is 0 Å². The zero-order valence-corrected chi connectivity index (χ0v) is 11.9. The van der Waals surface area contributed by atoms with Crippen molar-refractivity contribution in [2.45, 2.75) is 25.4 Å². The van der Waals surface area contributed by atoms with E-state index in [0.717, 1.165) is 5.56 Å². The highest BCUT2D eigenvalue weighted by atomic mass is 35.5. The molecule has 0 radical (unpaired) electrons. The topological polar surface area (TPSA) is 116 Å². The standard InChI is InChI=1S/C13H15ClN2O5/c1-7(8-3-2-4-9(14)5-8)15-13(21)16-10(12(19)20)6-11(17)18/h2-5,7,10H,6H2,1H3,(H,17,18)(H,19,20)(H2,15,16,21). The molecule has 0 aliphatic heterocycles. The van der Waals surface area contributed by atoms with Crippen LogP contribution in [0.5, 0.6) is 0 Å². The average Bonchev–Trinajstić information content (AvgIpc) is 2.37. The third-order valence-corrected chi connectivity index (χ3v) is 2.91. The maximum atomic E-state index is 11.7. The largest absolute Gasteiger partial charge is 0.481 e. The van der Waals surface area contributed by atoms with E-state index in [0.29, 0.717) is 5.02 Å². The average molecular weight is 315 g/mol. The summed E-state index contributed by atoms with van der Waals surface area (Å²) in [6, 6.07) is 4.15. The van der Waals surface area contributed by atoms with Crippen LogP contribution in [0.1, 0.15) is 24.9 Å². The van der Waals surface area contributed by atoms with Gasteiger partial charge in [-0.25, -0.2) is 9.59 Å². The Labute approximate surface area is 125 Å². The van der Waals surface area contributed by atoms with Gasteiger partial charge in [-0.3, -0.25) is 4.79 Å². The van der Waals surface area contributed by atoms with E-state index in [-0.39, 0.29) is 0 Å². The molecule has 0 saturated heterocycles. The molecule has 7 nitrogen and oxygen atoms in total. The van der Waals surface area contributed by atoms with E-state index in [1.165, 1.54) is 0 Å². The van der Waals surface area contributed by atoms with Gasteiger partial charge in [0.05, 0.1) is 12.5 Å². The summed E-state index contributed by atoms with van der Waals surface area (Å²) >= 11 is 5.84. The fraction of sp³-hybridized carbons (Fsp3) is 0.308. The van der Waals surface area contributed by atoms with Crippen LogP contribution in [-0.4, -0.2) is 34.2 Å². The van der Waals surface area contributed by atoms with Gasteiger partial charge in [0.25, 0.3) is 0 Å². The minimum atomic E-state index is -1.49. The second-order valence-electron chi connectivity index (χ2n) is 4.38. The molecule has 21 heavy (non-hydrogen) atoms. The van der Waals surface area contributed by atoms with Crippen LogP contribution in [0.15, 0.2) is 24.3 Å². The van der Waals surface area contributed by atoms with Crippen LogP contribution >= 0.6 is 11.6 Å². The minimum Gasteiger partial charge on any atom is -0.481 e. The van der Waals surface area contributed by atoms with Gasteiger partial charge in [-0.1, -0.05) is 23.7 Å². The molecule has 4 N–H and O–H groups in total. The molecule has 2 atom stereocenters. The summed E-state index contributed by atoms with van der Waals surface area (Å²) in [6.07, 6.45) is -0.700. The molecular formula is C13H15ClN2O5. The van der Waals surface area contributed by atoms with Crippen molar-refractivity contribution in [2.75, 3.05) is 0 Å². The fourth-order valence-electron chi connectivity index (χ4n) is 1.63. The first-order valence-electron chi connectivity index (χ1n) is 6.06. The summed E-state index contributed by atoms with van der Waals surface area (Å²) in [5.41, 5.74) is 0.739. The van der Waals surface area contributed by atoms with Crippen LogP contribution in [0.25, 0.3) is 0 Å². The number of aliphatic carboxylic acids is 2. The Morgan fingerprint density at radius 3 is 2.43 bits per heavy atom. The van der Waals surface area contributed by atoms with Crippen LogP contribution in [0.2, 0.25) is 5.02 Å². The lowest BCUT2D eigenvalue weighted by Gasteiger charge is -2.18. The molecule has 0 fully saturated rings. The Morgan fingerprint density at radius 1 is 1.24 bits per heavy atom. The summed E-state index contributed by atoms with van der Waals surface area (Å²) in [6.45, 7) is 1.69. The van der Waals surface area contributed by atoms with Gasteiger partial charge in [0, 0.05) is 5.02 Å². The summed E-state index contributed by atoms with van der Waals surface area (Å²) in [7, 11) is 0. The van der Waals surface area contributed by atoms with E-state index in [1.807, 2.05) is 0 Å². The van der Waals surface area contributed by atoms with Crippen LogP contribution in [-0.2, 0) is 9.59 Å². The summed E-state index contributed by atoms with van der Waals surface area (Å²) in [5, 5.41) is 22.5. The van der Waals surface area contributed by atoms with E-state index in [1.54, 1.807) is 31.2 Å². The number of rotatable bonds is 6. The summed E-state index contributed by atoms with van der Waals surface area (Å²) < 4.78 is 0. The number of benzene rings is 1. The number of nitrogens with one attached hydrogen (secondary N) is 2. The number of halogens is 1. The monoisotopic (exact) mass is 314 g/mol. The van der Waals surface area contributed by atoms with E-state index in [2.05, 4.69) is 10.6 Å². The SMILES string of the molecule is CC(NC(=O)NC(CC(=O)O)C(=O)O)c1cccc(Cl)c1. The Balaban J connectivity index is 2.63. The molecule has 0 aromatic heterocycles. The number of carboxylic acids is 2. The molecule has 0 aliphatic rings. The molecule has 0 heterocycles. The highest BCUT2D eigenvalue weighted by Gasteiger charge is 2.23. The third-order valence-electron chi connectivity index (χ3n) is 2.68. The predicted octanol–water partition coefficient (Wildman–Crippen LogP) is 1.63. The van der Waals surface area contributed by atoms with Crippen molar-refractivity contribution in [3.8, 4) is 0 Å². The number of carbonyl (C=O) groups is 3. The maximum Gasteiger partial charge on any atom is 0.326 e. The van der Waals surface area contributed by atoms with Crippen molar-refractivity contribution in [3.63, 3.8) is 0 Å². The highest BCUT2D eigenvalue weighted by Crippen LogP contribution is 2.17. The molecule has 114 valence electrons. The van der Waals surface area contributed by atoms with E-state index < -0.39 is 36.5 Å². The quantitative estimate of drug-likeness (QED) is 0.637. The second-order valence-corrected chi connectivity index (χ2v) is 4.82. The van der Waals surface area contributed by atoms with Crippen molar-refractivity contribution in [2.24, 2.45) is 0 Å².